The van der Waals surface area contributed by atoms with Crippen molar-refractivity contribution >= 4 is 50.6 Å². The Bertz CT molecular complexity index is 1210. The van der Waals surface area contributed by atoms with Gasteiger partial charge in [0.05, 0.1) is 16.3 Å². The van der Waals surface area contributed by atoms with Gasteiger partial charge in [-0.15, -0.1) is 11.3 Å². The summed E-state index contributed by atoms with van der Waals surface area (Å²) < 4.78 is 22.2. The molecule has 1 saturated heterocycles. The fourth-order valence-electron chi connectivity index (χ4n) is 3.57. The monoisotopic (exact) mass is 553 g/mol. The van der Waals surface area contributed by atoms with E-state index in [0.29, 0.717) is 45.3 Å². The van der Waals surface area contributed by atoms with E-state index < -0.39 is 5.82 Å². The van der Waals surface area contributed by atoms with Crippen LogP contribution in [0.1, 0.15) is 16.1 Å². The maximum Gasteiger partial charge on any atom is 0.256 e. The Morgan fingerprint density at radius 3 is 2.85 bits per heavy atom. The van der Waals surface area contributed by atoms with Crippen molar-refractivity contribution in [3.05, 3.63) is 73.3 Å². The molecule has 0 spiro atoms. The number of rotatable bonds is 6. The number of carbonyl (C=O) groups is 1. The molecular weight excluding hydrogens is 533 g/mol. The second-order valence-electron chi connectivity index (χ2n) is 7.49. The molecule has 33 heavy (non-hydrogen) atoms. The molecule has 2 aromatic heterocycles. The zero-order chi connectivity index (χ0) is 23.4. The van der Waals surface area contributed by atoms with Gasteiger partial charge < -0.3 is 9.64 Å². The molecule has 0 saturated carbocycles. The molecule has 174 valence electrons. The Labute approximate surface area is 208 Å². The number of thiazole rings is 1. The molecule has 0 aliphatic carbocycles. The number of hydrogen-bond acceptors (Lipinski definition) is 6. The van der Waals surface area contributed by atoms with Crippen molar-refractivity contribution < 1.29 is 13.9 Å². The van der Waals surface area contributed by atoms with E-state index >= 15 is 0 Å². The quantitative estimate of drug-likeness (QED) is 0.456. The van der Waals surface area contributed by atoms with Crippen LogP contribution in [0.2, 0.25) is 5.02 Å². The summed E-state index contributed by atoms with van der Waals surface area (Å²) in [6.07, 6.45) is 1.92. The normalized spacial score (nSPS) is 15.3. The first kappa shape index (κ1) is 24.0. The lowest BCUT2D eigenvalue weighted by atomic mass is 10.1. The van der Waals surface area contributed by atoms with Crippen LogP contribution in [-0.4, -0.2) is 58.5 Å². The summed E-state index contributed by atoms with van der Waals surface area (Å²) in [5.74, 6) is -0.396. The first-order valence-corrected chi connectivity index (χ1v) is 12.3. The van der Waals surface area contributed by atoms with Gasteiger partial charge in [-0.1, -0.05) is 33.6 Å². The molecular formula is C22H22BrClFN5O2S. The predicted octanol–water partition coefficient (Wildman–Crippen LogP) is 4.29. The number of ether oxygens (including phenoxy) is 1. The number of methoxy groups -OCH3 is 1. The van der Waals surface area contributed by atoms with Crippen LogP contribution in [-0.2, 0) is 18.0 Å². The highest BCUT2D eigenvalue weighted by Gasteiger charge is 2.25. The maximum atomic E-state index is 14.2. The van der Waals surface area contributed by atoms with Gasteiger partial charge >= 0.3 is 0 Å². The molecule has 3 heterocycles. The molecule has 0 unspecified atom stereocenters. The molecule has 0 N–H and O–H groups in total. The van der Waals surface area contributed by atoms with E-state index in [9.17, 15) is 9.18 Å². The number of pyridine rings is 1. The molecule has 1 aromatic carbocycles. The van der Waals surface area contributed by atoms with E-state index in [0.717, 1.165) is 15.0 Å². The summed E-state index contributed by atoms with van der Waals surface area (Å²) in [7, 11) is 1.64. The molecule has 7 nitrogen and oxygen atoms in total. The first-order valence-electron chi connectivity index (χ1n) is 10.2. The minimum absolute atomic E-state index is 0.00940. The molecule has 1 amide bonds. The van der Waals surface area contributed by atoms with E-state index in [4.69, 9.17) is 21.3 Å². The van der Waals surface area contributed by atoms with Crippen LogP contribution in [0.5, 0.6) is 0 Å². The fourth-order valence-corrected chi connectivity index (χ4v) is 4.94. The Balaban J connectivity index is 1.42. The zero-order valence-corrected chi connectivity index (χ0v) is 21.0. The highest BCUT2D eigenvalue weighted by Crippen LogP contribution is 2.22. The zero-order valence-electron chi connectivity index (χ0n) is 17.9. The molecule has 3 aromatic rings. The summed E-state index contributed by atoms with van der Waals surface area (Å²) >= 11 is 10.9. The first-order chi connectivity index (χ1) is 15.9. The van der Waals surface area contributed by atoms with Gasteiger partial charge in [0.25, 0.3) is 5.91 Å². The van der Waals surface area contributed by atoms with E-state index in [1.165, 1.54) is 23.5 Å². The summed E-state index contributed by atoms with van der Waals surface area (Å²) in [5.41, 5.74) is 0.883. The van der Waals surface area contributed by atoms with Gasteiger partial charge in [-0.25, -0.2) is 14.4 Å². The van der Waals surface area contributed by atoms with Gasteiger partial charge in [0.1, 0.15) is 6.73 Å². The van der Waals surface area contributed by atoms with Crippen molar-refractivity contribution in [2.24, 2.45) is 4.99 Å². The second kappa shape index (κ2) is 10.9. The maximum absolute atomic E-state index is 14.2. The molecule has 11 heteroatoms. The van der Waals surface area contributed by atoms with Gasteiger partial charge in [0.15, 0.2) is 16.4 Å². The number of amides is 1. The molecule has 0 radical (unpaired) electrons. The van der Waals surface area contributed by atoms with Crippen LogP contribution in [0.15, 0.2) is 51.4 Å². The standard InChI is InChI=1S/C22H22BrClFN5O2S/c1-32-14-30-9-10-33-22(30)27-19-12-15(23)11-16(26-19)13-28-5-7-29(8-6-28)21(31)17-3-2-4-18(24)20(17)25/h2-4,9-12H,5-8,13-14H2,1H3. The molecule has 0 atom stereocenters. The van der Waals surface area contributed by atoms with Crippen molar-refractivity contribution in [1.29, 1.82) is 0 Å². The van der Waals surface area contributed by atoms with Crippen LogP contribution in [0.25, 0.3) is 0 Å². The summed E-state index contributed by atoms with van der Waals surface area (Å²) in [6.45, 7) is 3.37. The molecule has 1 fully saturated rings. The molecule has 1 aliphatic heterocycles. The SMILES string of the molecule is COCn1ccsc1=Nc1cc(Br)cc(CN2CCN(C(=O)c3cccc(Cl)c3F)CC2)n1. The van der Waals surface area contributed by atoms with Crippen LogP contribution in [0.3, 0.4) is 0 Å². The summed E-state index contributed by atoms with van der Waals surface area (Å²) in [6, 6.07) is 8.33. The lowest BCUT2D eigenvalue weighted by Crippen LogP contribution is -2.48. The average Bonchev–Trinajstić information content (AvgIpc) is 3.22. The Morgan fingerprint density at radius 2 is 2.09 bits per heavy atom. The minimum Gasteiger partial charge on any atom is -0.364 e. The number of piperazine rings is 1. The lowest BCUT2D eigenvalue weighted by molar-refractivity contribution is 0.0622. The van der Waals surface area contributed by atoms with Crippen LogP contribution in [0.4, 0.5) is 10.2 Å². The van der Waals surface area contributed by atoms with Crippen molar-refractivity contribution in [1.82, 2.24) is 19.4 Å². The summed E-state index contributed by atoms with van der Waals surface area (Å²) in [5, 5.41) is 1.91. The minimum atomic E-state index is -0.668. The van der Waals surface area contributed by atoms with Crippen LogP contribution >= 0.6 is 38.9 Å². The van der Waals surface area contributed by atoms with Crippen LogP contribution < -0.4 is 4.80 Å². The van der Waals surface area contributed by atoms with E-state index in [1.54, 1.807) is 18.1 Å². The van der Waals surface area contributed by atoms with Gasteiger partial charge in [-0.2, -0.15) is 0 Å². The Kier molecular flexibility index (Phi) is 7.92. The predicted molar refractivity (Wildman–Crippen MR) is 129 cm³/mol. The average molecular weight is 555 g/mol. The van der Waals surface area contributed by atoms with Gasteiger partial charge in [-0.05, 0) is 24.3 Å². The third-order valence-electron chi connectivity index (χ3n) is 5.20. The van der Waals surface area contributed by atoms with Crippen molar-refractivity contribution in [2.75, 3.05) is 33.3 Å². The highest BCUT2D eigenvalue weighted by molar-refractivity contribution is 9.10. The van der Waals surface area contributed by atoms with Crippen molar-refractivity contribution in [3.8, 4) is 0 Å². The van der Waals surface area contributed by atoms with Crippen LogP contribution in [0, 0.1) is 5.82 Å². The largest absolute Gasteiger partial charge is 0.364 e. The second-order valence-corrected chi connectivity index (χ2v) is 9.69. The number of benzene rings is 1. The smallest absolute Gasteiger partial charge is 0.256 e. The van der Waals surface area contributed by atoms with Gasteiger partial charge in [-0.3, -0.25) is 14.3 Å². The highest BCUT2D eigenvalue weighted by atomic mass is 79.9. The third-order valence-corrected chi connectivity index (χ3v) is 6.74. The number of carbonyl (C=O) groups excluding carboxylic acids is 1. The third kappa shape index (κ3) is 5.88. The topological polar surface area (TPSA) is 63.0 Å². The van der Waals surface area contributed by atoms with E-state index in [-0.39, 0.29) is 16.5 Å². The Morgan fingerprint density at radius 1 is 1.30 bits per heavy atom. The van der Waals surface area contributed by atoms with E-state index in [1.807, 2.05) is 28.3 Å². The fraction of sp³-hybridized carbons (Fsp3) is 0.318. The number of halogens is 3. The number of aromatic nitrogens is 2. The number of nitrogens with zero attached hydrogens (tertiary/aromatic N) is 5. The van der Waals surface area contributed by atoms with Gasteiger partial charge in [0.2, 0.25) is 0 Å². The summed E-state index contributed by atoms with van der Waals surface area (Å²) in [4.78, 5) is 26.8. The van der Waals surface area contributed by atoms with Crippen molar-refractivity contribution in [2.45, 2.75) is 13.3 Å². The Hall–Kier alpha value is -2.11. The number of hydrogen-bond donors (Lipinski definition) is 0. The molecule has 0 bridgehead atoms. The molecule has 1 aliphatic rings. The van der Waals surface area contributed by atoms with E-state index in [2.05, 4.69) is 25.8 Å². The van der Waals surface area contributed by atoms with Gasteiger partial charge in [0, 0.05) is 55.9 Å². The molecule has 4 rings (SSSR count). The lowest BCUT2D eigenvalue weighted by Gasteiger charge is -2.34. The van der Waals surface area contributed by atoms with Crippen molar-refractivity contribution in [3.63, 3.8) is 0 Å².